The molecular formula is C4H6Cl. The van der Waals surface area contributed by atoms with Gasteiger partial charge in [0.1, 0.15) is 0 Å². The van der Waals surface area contributed by atoms with Crippen LogP contribution >= 0.6 is 11.6 Å². The zero-order valence-electron chi connectivity index (χ0n) is 3.16. The normalized spacial score (nSPS) is 10.0. The Morgan fingerprint density at radius 1 is 2.00 bits per heavy atom. The van der Waals surface area contributed by atoms with E-state index in [2.05, 4.69) is 5.54 Å². The van der Waals surface area contributed by atoms with Crippen LogP contribution in [0.1, 0.15) is 13.3 Å². The third-order valence-corrected chi connectivity index (χ3v) is 0.436. The van der Waals surface area contributed by atoms with Gasteiger partial charge >= 0.3 is 0 Å². The van der Waals surface area contributed by atoms with Crippen molar-refractivity contribution in [3.8, 4) is 0 Å². The second-order valence-electron chi connectivity index (χ2n) is 0.721. The summed E-state index contributed by atoms with van der Waals surface area (Å²) in [6, 6.07) is 0. The van der Waals surface area contributed by atoms with E-state index in [9.17, 15) is 0 Å². The second-order valence-corrected chi connectivity index (χ2v) is 0.940. The van der Waals surface area contributed by atoms with Gasteiger partial charge in [0.05, 0.1) is 5.54 Å². The van der Waals surface area contributed by atoms with Gasteiger partial charge in [-0.2, -0.15) is 0 Å². The molecule has 0 aliphatic rings. The van der Waals surface area contributed by atoms with Crippen LogP contribution in [-0.4, -0.2) is 0 Å². The highest BCUT2D eigenvalue weighted by Gasteiger charge is 1.55. The van der Waals surface area contributed by atoms with Crippen molar-refractivity contribution in [1.82, 2.24) is 0 Å². The summed E-state index contributed by atoms with van der Waals surface area (Å²) < 4.78 is 0. The number of hydrogen-bond acceptors (Lipinski definition) is 0. The number of halogens is 1. The van der Waals surface area contributed by atoms with E-state index in [1.807, 2.05) is 6.92 Å². The maximum absolute atomic E-state index is 5.00. The Bertz CT molecular complexity index is 30.6. The zero-order chi connectivity index (χ0) is 4.12. The Morgan fingerprint density at radius 3 is 2.60 bits per heavy atom. The minimum Gasteiger partial charge on any atom is -0.0831 e. The van der Waals surface area contributed by atoms with Crippen LogP contribution in [0.5, 0.6) is 0 Å². The average Bonchev–Trinajstić information content (AvgIpc) is 1.41. The topological polar surface area (TPSA) is 0 Å². The molecule has 0 rings (SSSR count). The van der Waals surface area contributed by atoms with E-state index in [-0.39, 0.29) is 0 Å². The summed E-state index contributed by atoms with van der Waals surface area (Å²) in [6.45, 7) is 2.01. The lowest BCUT2D eigenvalue weighted by molar-refractivity contribution is 1.22. The third-order valence-electron chi connectivity index (χ3n) is 0.281. The fraction of sp³-hybridized carbons (Fsp3) is 0.500. The lowest BCUT2D eigenvalue weighted by Crippen LogP contribution is -1.42. The fourth-order valence-corrected chi connectivity index (χ4v) is 0.231. The van der Waals surface area contributed by atoms with E-state index in [0.29, 0.717) is 0 Å². The summed E-state index contributed by atoms with van der Waals surface area (Å²) in [7, 11) is 0. The van der Waals surface area contributed by atoms with E-state index >= 15 is 0 Å². The molecule has 29 valence electrons. The van der Waals surface area contributed by atoms with Gasteiger partial charge in [-0.3, -0.25) is 0 Å². The smallest absolute Gasteiger partial charge is 0.0549 e. The Balaban J connectivity index is 2.62. The first kappa shape index (κ1) is 5.03. The molecular weight excluding hydrogens is 83.5 g/mol. The third kappa shape index (κ3) is 4.03. The van der Waals surface area contributed by atoms with Crippen LogP contribution in [0.2, 0.25) is 0 Å². The molecule has 0 amide bonds. The molecule has 0 aromatic rings. The molecule has 0 bridgehead atoms. The highest BCUT2D eigenvalue weighted by molar-refractivity contribution is 6.22. The monoisotopic (exact) mass is 89.0 g/mol. The van der Waals surface area contributed by atoms with Crippen LogP contribution in [0.15, 0.2) is 6.08 Å². The lowest BCUT2D eigenvalue weighted by Gasteiger charge is -1.62. The number of allylic oxidation sites excluding steroid dienone is 1. The first-order chi connectivity index (χ1) is 2.41. The molecule has 0 fully saturated rings. The summed E-state index contributed by atoms with van der Waals surface area (Å²) in [5, 5.41) is 0. The molecule has 0 nitrogen and oxygen atoms in total. The van der Waals surface area contributed by atoms with Crippen molar-refractivity contribution in [3.63, 3.8) is 0 Å². The van der Waals surface area contributed by atoms with E-state index in [1.54, 1.807) is 6.08 Å². The predicted octanol–water partition coefficient (Wildman–Crippen LogP) is 1.95. The molecule has 0 heterocycles. The van der Waals surface area contributed by atoms with Gasteiger partial charge in [-0.15, -0.1) is 0 Å². The largest absolute Gasteiger partial charge is 0.0831 e. The maximum Gasteiger partial charge on any atom is 0.0549 e. The standard InChI is InChI=1S/C4H6Cl/c1-2-3-4-5/h3H,2H2,1H3. The van der Waals surface area contributed by atoms with Crippen LogP contribution in [0.4, 0.5) is 0 Å². The number of rotatable bonds is 1. The van der Waals surface area contributed by atoms with Crippen molar-refractivity contribution in [2.75, 3.05) is 0 Å². The minimum absolute atomic E-state index is 0.976. The molecule has 5 heavy (non-hydrogen) atoms. The fourth-order valence-electron chi connectivity index (χ4n) is 0.0772. The van der Waals surface area contributed by atoms with E-state index in [1.165, 1.54) is 0 Å². The Labute approximate surface area is 37.4 Å². The molecule has 1 radical (unpaired) electrons. The van der Waals surface area contributed by atoms with Crippen LogP contribution in [0, 0.1) is 5.54 Å². The molecule has 0 spiro atoms. The summed E-state index contributed by atoms with van der Waals surface area (Å²) >= 11 is 5.00. The Morgan fingerprint density at radius 2 is 2.60 bits per heavy atom. The SMILES string of the molecule is CC/C=[C]\Cl. The van der Waals surface area contributed by atoms with Gasteiger partial charge in [0.15, 0.2) is 0 Å². The summed E-state index contributed by atoms with van der Waals surface area (Å²) in [4.78, 5) is 0. The highest BCUT2D eigenvalue weighted by atomic mass is 35.5. The van der Waals surface area contributed by atoms with Crippen LogP contribution in [-0.2, 0) is 0 Å². The molecule has 0 saturated heterocycles. The lowest BCUT2D eigenvalue weighted by atomic mass is 10.5. The van der Waals surface area contributed by atoms with Crippen molar-refractivity contribution in [2.45, 2.75) is 13.3 Å². The zero-order valence-corrected chi connectivity index (χ0v) is 3.92. The summed E-state index contributed by atoms with van der Waals surface area (Å²) in [5.74, 6) is 0. The van der Waals surface area contributed by atoms with Crippen molar-refractivity contribution < 1.29 is 0 Å². The van der Waals surface area contributed by atoms with Crippen molar-refractivity contribution in [3.05, 3.63) is 11.6 Å². The molecule has 0 aromatic heterocycles. The summed E-state index contributed by atoms with van der Waals surface area (Å²) in [5.41, 5.74) is 2.36. The average molecular weight is 89.5 g/mol. The van der Waals surface area contributed by atoms with Crippen molar-refractivity contribution in [2.24, 2.45) is 0 Å². The summed E-state index contributed by atoms with van der Waals surface area (Å²) in [6.07, 6.45) is 2.74. The molecule has 0 aromatic carbocycles. The van der Waals surface area contributed by atoms with Crippen molar-refractivity contribution in [1.29, 1.82) is 0 Å². The van der Waals surface area contributed by atoms with Gasteiger partial charge in [0, 0.05) is 0 Å². The van der Waals surface area contributed by atoms with Gasteiger partial charge in [-0.25, -0.2) is 0 Å². The Kier molecular flexibility index (Phi) is 4.05. The van der Waals surface area contributed by atoms with E-state index in [0.717, 1.165) is 6.42 Å². The van der Waals surface area contributed by atoms with Gasteiger partial charge in [-0.1, -0.05) is 24.6 Å². The number of hydrogen-bond donors (Lipinski definition) is 0. The molecule has 1 heteroatoms. The van der Waals surface area contributed by atoms with Gasteiger partial charge < -0.3 is 0 Å². The maximum atomic E-state index is 5.00. The van der Waals surface area contributed by atoms with E-state index < -0.39 is 0 Å². The first-order valence-electron chi connectivity index (χ1n) is 1.59. The molecule has 0 atom stereocenters. The minimum atomic E-state index is 0.976. The second kappa shape index (κ2) is 4.03. The highest BCUT2D eigenvalue weighted by Crippen LogP contribution is 1.78. The first-order valence-corrected chi connectivity index (χ1v) is 1.97. The van der Waals surface area contributed by atoms with Crippen LogP contribution < -0.4 is 0 Å². The quantitative estimate of drug-likeness (QED) is 0.461. The molecule has 0 aliphatic heterocycles. The van der Waals surface area contributed by atoms with Gasteiger partial charge in [0.25, 0.3) is 0 Å². The van der Waals surface area contributed by atoms with Crippen molar-refractivity contribution >= 4 is 11.6 Å². The molecule has 0 unspecified atom stereocenters. The Hall–Kier alpha value is 0.0300. The van der Waals surface area contributed by atoms with Crippen LogP contribution in [0.3, 0.4) is 0 Å². The van der Waals surface area contributed by atoms with Gasteiger partial charge in [0.2, 0.25) is 0 Å². The predicted molar refractivity (Wildman–Crippen MR) is 24.0 cm³/mol. The molecule has 0 saturated carbocycles. The van der Waals surface area contributed by atoms with E-state index in [4.69, 9.17) is 11.6 Å². The van der Waals surface area contributed by atoms with Crippen LogP contribution in [0.25, 0.3) is 0 Å². The molecule has 0 aliphatic carbocycles. The molecule has 0 N–H and O–H groups in total. The van der Waals surface area contributed by atoms with Gasteiger partial charge in [-0.05, 0) is 6.42 Å².